The Morgan fingerprint density at radius 1 is 1.10 bits per heavy atom. The van der Waals surface area contributed by atoms with Gasteiger partial charge in [0.25, 0.3) is 0 Å². The van der Waals surface area contributed by atoms with E-state index in [4.69, 9.17) is 5.10 Å². The fraction of sp³-hybridized carbons (Fsp3) is 0.217. The van der Waals surface area contributed by atoms with Crippen LogP contribution in [0, 0.1) is 34.4 Å². The van der Waals surface area contributed by atoms with Crippen LogP contribution < -0.4 is 0 Å². The molecule has 5 rings (SSSR count). The van der Waals surface area contributed by atoms with Crippen LogP contribution in [0.5, 0.6) is 0 Å². The molecule has 0 saturated heterocycles. The number of pyridine rings is 2. The largest absolute Gasteiger partial charge is 0.256 e. The highest BCUT2D eigenvalue weighted by atomic mass is 19.1. The van der Waals surface area contributed by atoms with E-state index in [1.807, 2.05) is 24.3 Å². The highest BCUT2D eigenvalue weighted by Crippen LogP contribution is 2.45. The van der Waals surface area contributed by atoms with Gasteiger partial charge in [0.05, 0.1) is 53.6 Å². The van der Waals surface area contributed by atoms with Gasteiger partial charge in [-0.1, -0.05) is 6.07 Å². The van der Waals surface area contributed by atoms with E-state index in [0.717, 1.165) is 22.0 Å². The van der Waals surface area contributed by atoms with Crippen molar-refractivity contribution in [2.75, 3.05) is 0 Å². The van der Waals surface area contributed by atoms with E-state index < -0.39 is 11.4 Å². The Kier molecular flexibility index (Phi) is 4.41. The summed E-state index contributed by atoms with van der Waals surface area (Å²) < 4.78 is 13.3. The van der Waals surface area contributed by atoms with Gasteiger partial charge in [0.2, 0.25) is 0 Å². The summed E-state index contributed by atoms with van der Waals surface area (Å²) in [6.07, 6.45) is 5.94. The zero-order valence-electron chi connectivity index (χ0n) is 16.4. The Morgan fingerprint density at radius 2 is 1.97 bits per heavy atom. The molecular formula is C23H16FN7. The molecule has 3 heterocycles. The van der Waals surface area contributed by atoms with Crippen LogP contribution in [-0.2, 0) is 5.54 Å². The molecule has 0 spiro atoms. The Balaban J connectivity index is 1.62. The smallest absolute Gasteiger partial charge is 0.141 e. The van der Waals surface area contributed by atoms with Crippen molar-refractivity contribution in [2.24, 2.45) is 5.92 Å². The van der Waals surface area contributed by atoms with Gasteiger partial charge >= 0.3 is 0 Å². The van der Waals surface area contributed by atoms with Gasteiger partial charge in [-0.15, -0.1) is 0 Å². The van der Waals surface area contributed by atoms with Gasteiger partial charge in [-0.3, -0.25) is 9.97 Å². The van der Waals surface area contributed by atoms with Gasteiger partial charge in [-0.25, -0.2) is 4.39 Å². The van der Waals surface area contributed by atoms with Crippen molar-refractivity contribution in [3.8, 4) is 34.7 Å². The third-order valence-corrected chi connectivity index (χ3v) is 5.78. The van der Waals surface area contributed by atoms with Crippen LogP contribution in [0.3, 0.4) is 0 Å². The number of hydrogen-bond acceptors (Lipinski definition) is 6. The number of aromatic nitrogens is 5. The summed E-state index contributed by atoms with van der Waals surface area (Å²) in [5, 5.41) is 28.5. The van der Waals surface area contributed by atoms with Crippen molar-refractivity contribution in [3.05, 3.63) is 60.8 Å². The molecule has 3 aromatic heterocycles. The number of nitriles is 2. The topological polar surface area (TPSA) is 104 Å². The van der Waals surface area contributed by atoms with Crippen LogP contribution in [0.2, 0.25) is 0 Å². The summed E-state index contributed by atoms with van der Waals surface area (Å²) >= 11 is 0. The Bertz CT molecular complexity index is 1360. The first-order valence-electron chi connectivity index (χ1n) is 9.82. The first-order valence-corrected chi connectivity index (χ1v) is 9.82. The number of benzene rings is 1. The average molecular weight is 409 g/mol. The van der Waals surface area contributed by atoms with Gasteiger partial charge in [0.15, 0.2) is 0 Å². The van der Waals surface area contributed by atoms with E-state index in [2.05, 4.69) is 27.2 Å². The molecule has 0 unspecified atom stereocenters. The van der Waals surface area contributed by atoms with E-state index >= 15 is 0 Å². The maximum Gasteiger partial charge on any atom is 0.141 e. The molecule has 0 aliphatic heterocycles. The molecule has 1 aliphatic carbocycles. The maximum atomic E-state index is 13.3. The molecule has 1 saturated carbocycles. The van der Waals surface area contributed by atoms with E-state index in [1.54, 1.807) is 23.3 Å². The predicted molar refractivity (Wildman–Crippen MR) is 110 cm³/mol. The first-order chi connectivity index (χ1) is 15.1. The Labute approximate surface area is 177 Å². The summed E-state index contributed by atoms with van der Waals surface area (Å²) in [6, 6.07) is 15.1. The number of fused-ring (bicyclic) bond motifs is 1. The molecule has 0 radical (unpaired) electrons. The number of halogens is 1. The van der Waals surface area contributed by atoms with Gasteiger partial charge in [0.1, 0.15) is 11.5 Å². The maximum absolute atomic E-state index is 13.3. The summed E-state index contributed by atoms with van der Waals surface area (Å²) in [4.78, 5) is 10.2. The predicted octanol–water partition coefficient (Wildman–Crippen LogP) is 4.24. The van der Waals surface area contributed by atoms with E-state index in [1.165, 1.54) is 12.3 Å². The van der Waals surface area contributed by atoms with Crippen LogP contribution in [0.15, 0.2) is 55.0 Å². The van der Waals surface area contributed by atoms with Crippen molar-refractivity contribution >= 4 is 10.9 Å². The van der Waals surface area contributed by atoms with E-state index in [-0.39, 0.29) is 12.3 Å². The summed E-state index contributed by atoms with van der Waals surface area (Å²) in [5.74, 6) is -0.481. The molecule has 0 bridgehead atoms. The molecule has 0 amide bonds. The third-order valence-electron chi connectivity index (χ3n) is 5.78. The van der Waals surface area contributed by atoms with Gasteiger partial charge in [-0.05, 0) is 43.2 Å². The van der Waals surface area contributed by atoms with Gasteiger partial charge < -0.3 is 0 Å². The molecular weight excluding hydrogens is 393 g/mol. The fourth-order valence-corrected chi connectivity index (χ4v) is 4.18. The van der Waals surface area contributed by atoms with Crippen LogP contribution in [-0.4, -0.2) is 25.0 Å². The molecule has 4 aromatic rings. The Morgan fingerprint density at radius 3 is 2.71 bits per heavy atom. The van der Waals surface area contributed by atoms with Gasteiger partial charge in [-0.2, -0.15) is 25.5 Å². The fourth-order valence-electron chi connectivity index (χ4n) is 4.18. The quantitative estimate of drug-likeness (QED) is 0.499. The van der Waals surface area contributed by atoms with Gasteiger partial charge in [0, 0.05) is 22.7 Å². The number of nitrogens with zero attached hydrogens (tertiary/aromatic N) is 7. The lowest BCUT2D eigenvalue weighted by atomic mass is 9.68. The molecule has 0 N–H and O–H groups in total. The van der Waals surface area contributed by atoms with E-state index in [0.29, 0.717) is 24.2 Å². The summed E-state index contributed by atoms with van der Waals surface area (Å²) in [5.41, 5.74) is 3.09. The minimum Gasteiger partial charge on any atom is -0.256 e. The van der Waals surface area contributed by atoms with Crippen molar-refractivity contribution in [3.63, 3.8) is 0 Å². The highest BCUT2D eigenvalue weighted by molar-refractivity contribution is 5.96. The normalized spacial score (nSPS) is 20.0. The lowest BCUT2D eigenvalue weighted by molar-refractivity contribution is 0.0713. The molecule has 8 heteroatoms. The molecule has 31 heavy (non-hydrogen) atoms. The summed E-state index contributed by atoms with van der Waals surface area (Å²) in [6.45, 7) is 0. The standard InChI is InChI=1S/C23H16FN7/c24-17-3-4-20(28-13-17)16-8-19(18-2-1-7-27-21(18)9-16)22-14-29-31(30-22)23(5-6-25)10-15(11-23)12-26/h1-4,7-9,13-15H,5,10-11H2/t15-,23+. The average Bonchev–Trinajstić information content (AvgIpc) is 3.26. The second-order valence-corrected chi connectivity index (χ2v) is 7.77. The summed E-state index contributed by atoms with van der Waals surface area (Å²) in [7, 11) is 0. The van der Waals surface area contributed by atoms with Crippen molar-refractivity contribution in [1.82, 2.24) is 25.0 Å². The molecule has 150 valence electrons. The first kappa shape index (κ1) is 18.8. The zero-order chi connectivity index (χ0) is 21.4. The minimum absolute atomic E-state index is 0.0827. The van der Waals surface area contributed by atoms with Crippen LogP contribution in [0.4, 0.5) is 4.39 Å². The van der Waals surface area contributed by atoms with Crippen molar-refractivity contribution < 1.29 is 4.39 Å². The molecule has 1 aromatic carbocycles. The third kappa shape index (κ3) is 3.19. The van der Waals surface area contributed by atoms with Crippen molar-refractivity contribution in [2.45, 2.75) is 24.8 Å². The zero-order valence-corrected chi connectivity index (χ0v) is 16.4. The lowest BCUT2D eigenvalue weighted by Gasteiger charge is -2.42. The number of hydrogen-bond donors (Lipinski definition) is 0. The Hall–Kier alpha value is -4.17. The second-order valence-electron chi connectivity index (χ2n) is 7.77. The SMILES string of the molecule is N#CC[C@]1(n2ncc(-c3cc(-c4ccc(F)cn4)cc4ncccc34)n2)C[C@@H](C#N)C1. The van der Waals surface area contributed by atoms with Crippen molar-refractivity contribution in [1.29, 1.82) is 10.5 Å². The number of rotatable bonds is 4. The van der Waals surface area contributed by atoms with Crippen LogP contribution in [0.25, 0.3) is 33.4 Å². The molecule has 1 aliphatic rings. The highest BCUT2D eigenvalue weighted by Gasteiger charge is 2.48. The van der Waals surface area contributed by atoms with E-state index in [9.17, 15) is 14.9 Å². The lowest BCUT2D eigenvalue weighted by Crippen LogP contribution is -2.47. The van der Waals surface area contributed by atoms with Crippen LogP contribution in [0.1, 0.15) is 19.3 Å². The second kappa shape index (κ2) is 7.26. The molecule has 0 atom stereocenters. The molecule has 7 nitrogen and oxygen atoms in total. The molecule has 1 fully saturated rings. The van der Waals surface area contributed by atoms with Crippen LogP contribution >= 0.6 is 0 Å². The minimum atomic E-state index is -0.544. The monoisotopic (exact) mass is 409 g/mol.